The van der Waals surface area contributed by atoms with Crippen molar-refractivity contribution >= 4 is 27.5 Å². The number of hydrogen-bond donors (Lipinski definition) is 1. The molecular formula is C24H31N3O6S. The molecule has 2 aromatic carbocycles. The summed E-state index contributed by atoms with van der Waals surface area (Å²) in [4.78, 5) is 27.2. The second kappa shape index (κ2) is 10.4. The second-order valence-electron chi connectivity index (χ2n) is 8.42. The van der Waals surface area contributed by atoms with Crippen molar-refractivity contribution in [3.8, 4) is 11.5 Å². The van der Waals surface area contributed by atoms with Crippen LogP contribution in [0.5, 0.6) is 11.5 Å². The Morgan fingerprint density at radius 2 is 1.82 bits per heavy atom. The van der Waals surface area contributed by atoms with Crippen LogP contribution in [0.15, 0.2) is 47.4 Å². The van der Waals surface area contributed by atoms with Gasteiger partial charge in [0.05, 0.1) is 30.7 Å². The van der Waals surface area contributed by atoms with Crippen LogP contribution in [0.3, 0.4) is 0 Å². The minimum Gasteiger partial charge on any atom is -0.497 e. The molecule has 1 atom stereocenters. The molecule has 2 aromatic rings. The Morgan fingerprint density at radius 1 is 1.15 bits per heavy atom. The number of nitrogens with zero attached hydrogens (tertiary/aromatic N) is 2. The van der Waals surface area contributed by atoms with Crippen LogP contribution < -0.4 is 19.7 Å². The van der Waals surface area contributed by atoms with Gasteiger partial charge in [-0.2, -0.15) is 4.31 Å². The van der Waals surface area contributed by atoms with Gasteiger partial charge in [0.25, 0.3) is 0 Å². The Balaban J connectivity index is 1.64. The first-order valence-corrected chi connectivity index (χ1v) is 12.4. The lowest BCUT2D eigenvalue weighted by molar-refractivity contribution is -0.126. The van der Waals surface area contributed by atoms with Crippen LogP contribution in [0, 0.1) is 5.92 Å². The van der Waals surface area contributed by atoms with Crippen LogP contribution in [0.4, 0.5) is 5.69 Å². The lowest BCUT2D eigenvalue weighted by Gasteiger charge is -2.21. The van der Waals surface area contributed by atoms with Crippen molar-refractivity contribution < 1.29 is 27.5 Å². The third kappa shape index (κ3) is 5.34. The van der Waals surface area contributed by atoms with Gasteiger partial charge in [0.1, 0.15) is 11.5 Å². The van der Waals surface area contributed by atoms with Crippen molar-refractivity contribution in [2.45, 2.75) is 37.8 Å². The van der Waals surface area contributed by atoms with Crippen LogP contribution in [0.2, 0.25) is 0 Å². The fourth-order valence-electron chi connectivity index (χ4n) is 3.68. The largest absolute Gasteiger partial charge is 0.497 e. The summed E-state index contributed by atoms with van der Waals surface area (Å²) in [6, 6.07) is 11.4. The highest BCUT2D eigenvalue weighted by molar-refractivity contribution is 7.89. The first-order chi connectivity index (χ1) is 16.1. The molecule has 1 N–H and O–H groups in total. The predicted molar refractivity (Wildman–Crippen MR) is 128 cm³/mol. The third-order valence-corrected chi connectivity index (χ3v) is 8.01. The van der Waals surface area contributed by atoms with Crippen LogP contribution >= 0.6 is 0 Å². The number of carbonyl (C=O) groups excluding carboxylic acids is 2. The van der Waals surface area contributed by atoms with Crippen molar-refractivity contribution in [3.05, 3.63) is 48.0 Å². The monoisotopic (exact) mass is 489 g/mol. The maximum Gasteiger partial charge on any atom is 0.243 e. The first-order valence-electron chi connectivity index (χ1n) is 11.0. The zero-order chi connectivity index (χ0) is 25.0. The standard InChI is InChI=1S/C24H31N3O6S/c1-16(2)26(3)34(30,31)20-9-6-17(7-10-20)14-25-24(29)18-12-23(28)27(15-18)21-13-19(32-4)8-11-22(21)33-5/h6-11,13,16,18H,12,14-15H2,1-5H3,(H,25,29). The van der Waals surface area contributed by atoms with Gasteiger partial charge < -0.3 is 19.7 Å². The summed E-state index contributed by atoms with van der Waals surface area (Å²) in [5, 5.41) is 2.85. The zero-order valence-electron chi connectivity index (χ0n) is 20.1. The number of amides is 2. The molecule has 1 heterocycles. The minimum atomic E-state index is -3.57. The maximum absolute atomic E-state index is 12.8. The smallest absolute Gasteiger partial charge is 0.243 e. The normalized spacial score (nSPS) is 16.3. The van der Waals surface area contributed by atoms with Gasteiger partial charge in [0.2, 0.25) is 21.8 Å². The van der Waals surface area contributed by atoms with Crippen molar-refractivity contribution in [2.75, 3.05) is 32.7 Å². The molecule has 0 saturated carbocycles. The Morgan fingerprint density at radius 3 is 2.41 bits per heavy atom. The summed E-state index contributed by atoms with van der Waals surface area (Å²) >= 11 is 0. The highest BCUT2D eigenvalue weighted by atomic mass is 32.2. The molecule has 1 unspecified atom stereocenters. The highest BCUT2D eigenvalue weighted by Crippen LogP contribution is 2.36. The van der Waals surface area contributed by atoms with Crippen LogP contribution in [-0.2, 0) is 26.2 Å². The van der Waals surface area contributed by atoms with E-state index in [9.17, 15) is 18.0 Å². The van der Waals surface area contributed by atoms with E-state index in [0.29, 0.717) is 17.2 Å². The molecule has 1 aliphatic rings. The van der Waals surface area contributed by atoms with E-state index in [-0.39, 0.29) is 42.3 Å². The topological polar surface area (TPSA) is 105 Å². The molecule has 0 radical (unpaired) electrons. The van der Waals surface area contributed by atoms with Gasteiger partial charge in [-0.15, -0.1) is 0 Å². The first kappa shape index (κ1) is 25.5. The lowest BCUT2D eigenvalue weighted by Crippen LogP contribution is -2.33. The van der Waals surface area contributed by atoms with E-state index in [4.69, 9.17) is 9.47 Å². The maximum atomic E-state index is 12.8. The Labute approximate surface area is 200 Å². The average molecular weight is 490 g/mol. The van der Waals surface area contributed by atoms with E-state index in [1.807, 2.05) is 0 Å². The molecule has 0 aromatic heterocycles. The Hall–Kier alpha value is -3.11. The van der Waals surface area contributed by atoms with E-state index in [2.05, 4.69) is 5.32 Å². The number of methoxy groups -OCH3 is 2. The number of ether oxygens (including phenoxy) is 2. The summed E-state index contributed by atoms with van der Waals surface area (Å²) in [6.45, 7) is 4.07. The molecule has 1 aliphatic heterocycles. The van der Waals surface area contributed by atoms with Crippen LogP contribution in [0.1, 0.15) is 25.8 Å². The molecule has 0 aliphatic carbocycles. The van der Waals surface area contributed by atoms with Gasteiger partial charge in [-0.25, -0.2) is 8.42 Å². The molecule has 0 bridgehead atoms. The predicted octanol–water partition coefficient (Wildman–Crippen LogP) is 2.40. The van der Waals surface area contributed by atoms with E-state index >= 15 is 0 Å². The van der Waals surface area contributed by atoms with Crippen LogP contribution in [-0.4, -0.2) is 58.4 Å². The van der Waals surface area contributed by atoms with Gasteiger partial charge in [-0.1, -0.05) is 12.1 Å². The van der Waals surface area contributed by atoms with Gasteiger partial charge in [-0.05, 0) is 43.7 Å². The molecule has 1 fully saturated rings. The molecule has 2 amide bonds. The molecule has 34 heavy (non-hydrogen) atoms. The van der Waals surface area contributed by atoms with Crippen molar-refractivity contribution in [2.24, 2.45) is 5.92 Å². The Bertz CT molecular complexity index is 1150. The second-order valence-corrected chi connectivity index (χ2v) is 10.4. The van der Waals surface area contributed by atoms with Gasteiger partial charge in [-0.3, -0.25) is 9.59 Å². The fraction of sp³-hybridized carbons (Fsp3) is 0.417. The summed E-state index contributed by atoms with van der Waals surface area (Å²) in [7, 11) is 1.04. The SMILES string of the molecule is COc1ccc(OC)c(N2CC(C(=O)NCc3ccc(S(=O)(=O)N(C)C(C)C)cc3)CC2=O)c1. The average Bonchev–Trinajstić information content (AvgIpc) is 3.23. The number of hydrogen-bond acceptors (Lipinski definition) is 6. The number of sulfonamides is 1. The zero-order valence-corrected chi connectivity index (χ0v) is 20.9. The minimum absolute atomic E-state index is 0.0882. The lowest BCUT2D eigenvalue weighted by atomic mass is 10.1. The van der Waals surface area contributed by atoms with Crippen molar-refractivity contribution in [1.82, 2.24) is 9.62 Å². The Kier molecular flexibility index (Phi) is 7.83. The third-order valence-electron chi connectivity index (χ3n) is 5.97. The quantitative estimate of drug-likeness (QED) is 0.580. The van der Waals surface area contributed by atoms with Crippen molar-refractivity contribution in [3.63, 3.8) is 0 Å². The number of nitrogens with one attached hydrogen (secondary N) is 1. The van der Waals surface area contributed by atoms with Gasteiger partial charge in [0, 0.05) is 38.7 Å². The molecular weight excluding hydrogens is 458 g/mol. The highest BCUT2D eigenvalue weighted by Gasteiger charge is 2.36. The van der Waals surface area contributed by atoms with Crippen molar-refractivity contribution in [1.29, 1.82) is 0 Å². The van der Waals surface area contributed by atoms with E-state index < -0.39 is 15.9 Å². The summed E-state index contributed by atoms with van der Waals surface area (Å²) in [5.41, 5.74) is 1.32. The molecule has 1 saturated heterocycles. The molecule has 9 nitrogen and oxygen atoms in total. The molecule has 10 heteroatoms. The summed E-state index contributed by atoms with van der Waals surface area (Å²) in [6.07, 6.45) is 0.0882. The van der Waals surface area contributed by atoms with Gasteiger partial charge >= 0.3 is 0 Å². The molecule has 3 rings (SSSR count). The molecule has 0 spiro atoms. The number of anilines is 1. The summed E-state index contributed by atoms with van der Waals surface area (Å²) in [5.74, 6) is 0.183. The number of carbonyl (C=O) groups is 2. The number of benzene rings is 2. The van der Waals surface area contributed by atoms with Crippen LogP contribution in [0.25, 0.3) is 0 Å². The van der Waals surface area contributed by atoms with E-state index in [1.54, 1.807) is 51.2 Å². The van der Waals surface area contributed by atoms with E-state index in [1.165, 1.54) is 35.6 Å². The fourth-order valence-corrected chi connectivity index (χ4v) is 5.05. The van der Waals surface area contributed by atoms with E-state index in [0.717, 1.165) is 5.56 Å². The molecule has 184 valence electrons. The van der Waals surface area contributed by atoms with Gasteiger partial charge in [0.15, 0.2) is 0 Å². The number of rotatable bonds is 9. The summed E-state index contributed by atoms with van der Waals surface area (Å²) < 4.78 is 37.1.